The minimum absolute atomic E-state index is 0.0151. The molecule has 1 N–H and O–H groups in total. The lowest BCUT2D eigenvalue weighted by atomic mass is 9.84. The number of hydrogen-bond donors (Lipinski definition) is 1. The van der Waals surface area contributed by atoms with Crippen molar-refractivity contribution in [3.63, 3.8) is 0 Å². The number of carbonyl (C=O) groups is 1. The van der Waals surface area contributed by atoms with E-state index in [0.29, 0.717) is 6.04 Å². The highest BCUT2D eigenvalue weighted by atomic mass is 127. The number of nitrogens with one attached hydrogen (secondary N) is 1. The van der Waals surface area contributed by atoms with Crippen molar-refractivity contribution in [2.24, 2.45) is 4.99 Å². The quantitative estimate of drug-likeness (QED) is 0.241. The number of carbonyl (C=O) groups excluding carboxylic acids is 1. The van der Waals surface area contributed by atoms with Crippen LogP contribution >= 0.6 is 22.6 Å². The second-order valence-corrected chi connectivity index (χ2v) is 10.8. The van der Waals surface area contributed by atoms with Crippen LogP contribution in [0.5, 0.6) is 0 Å². The van der Waals surface area contributed by atoms with Gasteiger partial charge in [0, 0.05) is 22.3 Å². The van der Waals surface area contributed by atoms with Crippen molar-refractivity contribution in [1.29, 1.82) is 0 Å². The Balaban J connectivity index is 1.52. The van der Waals surface area contributed by atoms with Crippen LogP contribution in [0.25, 0.3) is 0 Å². The molecule has 174 valence electrons. The molecule has 4 rings (SSSR count). The summed E-state index contributed by atoms with van der Waals surface area (Å²) in [7, 11) is 0. The molecule has 3 aliphatic rings. The van der Waals surface area contributed by atoms with Gasteiger partial charge in [-0.1, -0.05) is 31.8 Å². The van der Waals surface area contributed by atoms with E-state index >= 15 is 0 Å². The first-order valence-corrected chi connectivity index (χ1v) is 13.5. The number of likely N-dealkylation sites (tertiary alicyclic amines) is 1. The molecule has 3 fully saturated rings. The van der Waals surface area contributed by atoms with Crippen molar-refractivity contribution in [3.05, 3.63) is 40.5 Å². The number of urea groups is 1. The lowest BCUT2D eigenvalue weighted by Gasteiger charge is -2.44. The molecule has 1 aromatic rings. The highest BCUT2D eigenvalue weighted by Gasteiger charge is 2.53. The molecule has 5 nitrogen and oxygen atoms in total. The third kappa shape index (κ3) is 5.38. The lowest BCUT2D eigenvalue weighted by molar-refractivity contribution is 0.188. The number of aliphatic imine (C=N–C) groups is 1. The second kappa shape index (κ2) is 11.1. The van der Waals surface area contributed by atoms with Crippen molar-refractivity contribution in [3.8, 4) is 0 Å². The number of rotatable bonds is 8. The number of amidine groups is 1. The van der Waals surface area contributed by atoms with Gasteiger partial charge in [0.1, 0.15) is 11.4 Å². The Kier molecular flexibility index (Phi) is 8.27. The number of benzene rings is 1. The van der Waals surface area contributed by atoms with E-state index in [4.69, 9.17) is 4.99 Å². The number of unbranched alkanes of at least 4 members (excludes halogenated alkanes) is 3. The average molecular weight is 549 g/mol. The summed E-state index contributed by atoms with van der Waals surface area (Å²) in [5.41, 5.74) is 0.648. The van der Waals surface area contributed by atoms with Crippen molar-refractivity contribution >= 4 is 40.1 Å². The van der Waals surface area contributed by atoms with E-state index in [1.54, 1.807) is 0 Å². The normalized spacial score (nSPS) is 23.1. The van der Waals surface area contributed by atoms with Crippen LogP contribution in [-0.4, -0.2) is 48.0 Å². The molecule has 2 heterocycles. The molecule has 2 saturated heterocycles. The van der Waals surface area contributed by atoms with Crippen LogP contribution in [0.3, 0.4) is 0 Å². The maximum atomic E-state index is 13.2. The number of allylic oxidation sites excluding steroid dienone is 1. The highest BCUT2D eigenvalue weighted by molar-refractivity contribution is 14.1. The number of nitrogens with zero attached hydrogens (tertiary/aromatic N) is 3. The highest BCUT2D eigenvalue weighted by Crippen LogP contribution is 2.39. The molecule has 6 heteroatoms. The number of piperidine rings is 1. The topological polar surface area (TPSA) is 47.9 Å². The van der Waals surface area contributed by atoms with E-state index in [2.05, 4.69) is 63.7 Å². The van der Waals surface area contributed by atoms with Crippen LogP contribution in [0, 0.1) is 3.57 Å². The Labute approximate surface area is 206 Å². The van der Waals surface area contributed by atoms with Gasteiger partial charge in [-0.2, -0.15) is 0 Å². The molecule has 1 aliphatic carbocycles. The SMILES string of the molecule is C=CCCCCCN1CCC2(CC1)C(=NC1CCCCC1)NC(=O)N2c1ccc(I)cc1. The Morgan fingerprint density at radius 1 is 1.09 bits per heavy atom. The summed E-state index contributed by atoms with van der Waals surface area (Å²) >= 11 is 2.32. The van der Waals surface area contributed by atoms with Gasteiger partial charge in [0.25, 0.3) is 0 Å². The summed E-state index contributed by atoms with van der Waals surface area (Å²) in [6.07, 6.45) is 14.9. The minimum atomic E-state index is -0.333. The van der Waals surface area contributed by atoms with E-state index in [9.17, 15) is 4.79 Å². The molecule has 0 radical (unpaired) electrons. The molecule has 2 amide bonds. The molecular formula is C26H37IN4O. The molecule has 1 spiro atoms. The first kappa shape index (κ1) is 23.7. The Bertz CT molecular complexity index is 808. The molecule has 0 unspecified atom stereocenters. The van der Waals surface area contributed by atoms with Crippen LogP contribution in [0.2, 0.25) is 0 Å². The van der Waals surface area contributed by atoms with Gasteiger partial charge in [-0.05, 0) is 98.3 Å². The smallest absolute Gasteiger partial charge is 0.303 e. The van der Waals surface area contributed by atoms with Crippen molar-refractivity contribution < 1.29 is 4.79 Å². The van der Waals surface area contributed by atoms with Crippen molar-refractivity contribution in [2.75, 3.05) is 24.5 Å². The van der Waals surface area contributed by atoms with Crippen LogP contribution < -0.4 is 10.2 Å². The van der Waals surface area contributed by atoms with E-state index in [-0.39, 0.29) is 11.6 Å². The fourth-order valence-electron chi connectivity index (χ4n) is 5.48. The predicted molar refractivity (Wildman–Crippen MR) is 142 cm³/mol. The predicted octanol–water partition coefficient (Wildman–Crippen LogP) is 6.13. The molecule has 0 bridgehead atoms. The standard InChI is InChI=1S/C26H37IN4O/c1-2-3-4-5-9-18-30-19-16-26(17-20-30)24(28-22-10-7-6-8-11-22)29-25(32)31(26)23-14-12-21(27)13-15-23/h2,12-15,22H,1,3-11,16-20H2,(H,28,29,32). The monoisotopic (exact) mass is 548 g/mol. The summed E-state index contributed by atoms with van der Waals surface area (Å²) < 4.78 is 1.18. The summed E-state index contributed by atoms with van der Waals surface area (Å²) in [6.45, 7) is 7.00. The average Bonchev–Trinajstić information content (AvgIpc) is 3.06. The number of anilines is 1. The van der Waals surface area contributed by atoms with Crippen LogP contribution in [0.15, 0.2) is 41.9 Å². The molecule has 1 aromatic carbocycles. The number of halogens is 1. The van der Waals surface area contributed by atoms with Gasteiger partial charge in [0.15, 0.2) is 0 Å². The van der Waals surface area contributed by atoms with Crippen LogP contribution in [-0.2, 0) is 0 Å². The van der Waals surface area contributed by atoms with Crippen LogP contribution in [0.4, 0.5) is 10.5 Å². The zero-order valence-corrected chi connectivity index (χ0v) is 21.4. The van der Waals surface area contributed by atoms with Crippen LogP contribution in [0.1, 0.15) is 70.6 Å². The van der Waals surface area contributed by atoms with Gasteiger partial charge in [-0.3, -0.25) is 15.2 Å². The number of amides is 2. The molecule has 32 heavy (non-hydrogen) atoms. The van der Waals surface area contributed by atoms with E-state index in [1.165, 1.54) is 42.1 Å². The molecule has 0 aromatic heterocycles. The Morgan fingerprint density at radius 3 is 2.50 bits per heavy atom. The van der Waals surface area contributed by atoms with E-state index < -0.39 is 0 Å². The molecule has 2 aliphatic heterocycles. The van der Waals surface area contributed by atoms with E-state index in [1.807, 2.05) is 11.0 Å². The van der Waals surface area contributed by atoms with Gasteiger partial charge in [0.05, 0.1) is 6.04 Å². The first-order valence-electron chi connectivity index (χ1n) is 12.4. The second-order valence-electron chi connectivity index (χ2n) is 9.52. The third-order valence-corrected chi connectivity index (χ3v) is 8.05. The van der Waals surface area contributed by atoms with E-state index in [0.717, 1.165) is 63.3 Å². The van der Waals surface area contributed by atoms with Gasteiger partial charge in [-0.25, -0.2) is 4.79 Å². The summed E-state index contributed by atoms with van der Waals surface area (Å²) in [5.74, 6) is 0.929. The number of hydrogen-bond acceptors (Lipinski definition) is 3. The molecule has 0 atom stereocenters. The zero-order valence-electron chi connectivity index (χ0n) is 19.2. The maximum absolute atomic E-state index is 13.2. The maximum Gasteiger partial charge on any atom is 0.328 e. The summed E-state index contributed by atoms with van der Waals surface area (Å²) in [5, 5.41) is 3.21. The molecular weight excluding hydrogens is 511 g/mol. The zero-order chi connectivity index (χ0) is 22.4. The van der Waals surface area contributed by atoms with Crippen molar-refractivity contribution in [1.82, 2.24) is 10.2 Å². The molecule has 1 saturated carbocycles. The lowest BCUT2D eigenvalue weighted by Crippen LogP contribution is -2.57. The summed E-state index contributed by atoms with van der Waals surface area (Å²) in [4.78, 5) is 23.0. The third-order valence-electron chi connectivity index (χ3n) is 7.33. The van der Waals surface area contributed by atoms with Gasteiger partial charge < -0.3 is 4.90 Å². The summed E-state index contributed by atoms with van der Waals surface area (Å²) in [6, 6.07) is 8.68. The van der Waals surface area contributed by atoms with Crippen molar-refractivity contribution in [2.45, 2.75) is 82.2 Å². The fourth-order valence-corrected chi connectivity index (χ4v) is 5.84. The van der Waals surface area contributed by atoms with Gasteiger partial charge in [-0.15, -0.1) is 6.58 Å². The Morgan fingerprint density at radius 2 is 1.81 bits per heavy atom. The van der Waals surface area contributed by atoms with Gasteiger partial charge in [0.2, 0.25) is 0 Å². The fraction of sp³-hybridized carbons (Fsp3) is 0.615. The Hall–Kier alpha value is -1.41. The largest absolute Gasteiger partial charge is 0.328 e. The van der Waals surface area contributed by atoms with Gasteiger partial charge >= 0.3 is 6.03 Å². The first-order chi connectivity index (χ1) is 15.6. The minimum Gasteiger partial charge on any atom is -0.303 e.